The number of Topliss-reactive ketones (excluding diaryl/α,β-unsaturated/α-hetero) is 1. The maximum absolute atomic E-state index is 11.7. The van der Waals surface area contributed by atoms with Crippen LogP contribution in [0.4, 0.5) is 23.0 Å². The number of nitrogens with zero attached hydrogens (tertiary/aromatic N) is 6. The van der Waals surface area contributed by atoms with E-state index in [1.807, 2.05) is 12.1 Å². The topological polar surface area (TPSA) is 149 Å². The average molecular weight is 379 g/mol. The first kappa shape index (κ1) is 20.3. The Hall–Kier alpha value is -4.05. The molecule has 1 aromatic heterocycles. The van der Waals surface area contributed by atoms with Gasteiger partial charge in [-0.05, 0) is 31.2 Å². The third kappa shape index (κ3) is 4.99. The molecule has 0 fully saturated rings. The van der Waals surface area contributed by atoms with Crippen molar-refractivity contribution in [3.63, 3.8) is 0 Å². The second-order valence-corrected chi connectivity index (χ2v) is 5.71. The summed E-state index contributed by atoms with van der Waals surface area (Å²) in [6, 6.07) is 10.4. The van der Waals surface area contributed by atoms with Gasteiger partial charge < -0.3 is 10.2 Å². The van der Waals surface area contributed by atoms with Gasteiger partial charge in [0.15, 0.2) is 5.78 Å². The standard InChI is InChI=1S/C18H17N7O3/c1-13(26)14-4-6-15(7-5-14)23-17-16(25(27)28)18(22-12-21-17)24(10-2-8-19)11-3-9-20/h4-7,12H,2-3,10-11H2,1H3,(H,21,22,23). The van der Waals surface area contributed by atoms with Crippen LogP contribution in [-0.2, 0) is 0 Å². The molecule has 1 aromatic carbocycles. The van der Waals surface area contributed by atoms with Crippen molar-refractivity contribution in [3.05, 3.63) is 46.3 Å². The molecule has 0 unspecified atom stereocenters. The summed E-state index contributed by atoms with van der Waals surface area (Å²) in [5.41, 5.74) is 0.676. The maximum atomic E-state index is 11.7. The molecule has 0 saturated carbocycles. The molecule has 0 atom stereocenters. The molecule has 142 valence electrons. The molecular weight excluding hydrogens is 362 g/mol. The molecule has 0 aliphatic heterocycles. The van der Waals surface area contributed by atoms with Gasteiger partial charge in [0.25, 0.3) is 0 Å². The van der Waals surface area contributed by atoms with Crippen LogP contribution in [0.1, 0.15) is 30.1 Å². The van der Waals surface area contributed by atoms with Gasteiger partial charge in [0.2, 0.25) is 11.6 Å². The molecule has 0 aliphatic rings. The van der Waals surface area contributed by atoms with Crippen molar-refractivity contribution in [2.45, 2.75) is 19.8 Å². The first-order chi connectivity index (χ1) is 13.5. The lowest BCUT2D eigenvalue weighted by molar-refractivity contribution is -0.383. The summed E-state index contributed by atoms with van der Waals surface area (Å²) in [7, 11) is 0. The molecule has 0 radical (unpaired) electrons. The van der Waals surface area contributed by atoms with Gasteiger partial charge in [0, 0.05) is 24.3 Å². The molecule has 0 amide bonds. The zero-order chi connectivity index (χ0) is 20.5. The van der Waals surface area contributed by atoms with Crippen LogP contribution < -0.4 is 10.2 Å². The summed E-state index contributed by atoms with van der Waals surface area (Å²) < 4.78 is 0. The highest BCUT2D eigenvalue weighted by Crippen LogP contribution is 2.33. The van der Waals surface area contributed by atoms with Crippen molar-refractivity contribution in [3.8, 4) is 12.1 Å². The van der Waals surface area contributed by atoms with Gasteiger partial charge in [-0.1, -0.05) is 0 Å². The Kier molecular flexibility index (Phi) is 6.94. The fourth-order valence-electron chi connectivity index (χ4n) is 2.48. The number of rotatable bonds is 9. The normalized spacial score (nSPS) is 9.82. The number of aromatic nitrogens is 2. The molecule has 1 heterocycles. The van der Waals surface area contributed by atoms with Crippen molar-refractivity contribution in [1.29, 1.82) is 10.5 Å². The van der Waals surface area contributed by atoms with Crippen LogP contribution in [0.2, 0.25) is 0 Å². The van der Waals surface area contributed by atoms with Crippen LogP contribution in [0.5, 0.6) is 0 Å². The van der Waals surface area contributed by atoms with Gasteiger partial charge >= 0.3 is 5.69 Å². The van der Waals surface area contributed by atoms with Crippen molar-refractivity contribution in [2.75, 3.05) is 23.3 Å². The molecule has 2 aromatic rings. The van der Waals surface area contributed by atoms with Gasteiger partial charge in [-0.2, -0.15) is 10.5 Å². The maximum Gasteiger partial charge on any atom is 0.353 e. The average Bonchev–Trinajstić information content (AvgIpc) is 2.68. The molecule has 10 heteroatoms. The van der Waals surface area contributed by atoms with E-state index < -0.39 is 4.92 Å². The quantitative estimate of drug-likeness (QED) is 0.394. The summed E-state index contributed by atoms with van der Waals surface area (Å²) in [6.45, 7) is 1.84. The molecule has 28 heavy (non-hydrogen) atoms. The number of nitro groups is 1. The number of anilines is 3. The molecular formula is C18H17N7O3. The summed E-state index contributed by atoms with van der Waals surface area (Å²) in [5, 5.41) is 32.2. The van der Waals surface area contributed by atoms with E-state index in [0.29, 0.717) is 11.3 Å². The fraction of sp³-hybridized carbons (Fsp3) is 0.278. The third-order valence-electron chi connectivity index (χ3n) is 3.83. The molecule has 2 rings (SSSR count). The van der Waals surface area contributed by atoms with E-state index in [9.17, 15) is 14.9 Å². The number of carbonyl (C=O) groups is 1. The number of carbonyl (C=O) groups excluding carboxylic acids is 1. The first-order valence-corrected chi connectivity index (χ1v) is 8.34. The van der Waals surface area contributed by atoms with Crippen molar-refractivity contribution in [1.82, 2.24) is 9.97 Å². The molecule has 0 saturated heterocycles. The van der Waals surface area contributed by atoms with E-state index in [4.69, 9.17) is 10.5 Å². The number of nitriles is 2. The second kappa shape index (κ2) is 9.59. The van der Waals surface area contributed by atoms with Crippen LogP contribution in [0.15, 0.2) is 30.6 Å². The molecule has 10 nitrogen and oxygen atoms in total. The minimum atomic E-state index is -0.604. The molecule has 0 spiro atoms. The zero-order valence-electron chi connectivity index (χ0n) is 15.1. The van der Waals surface area contributed by atoms with Gasteiger partial charge in [0.05, 0.1) is 29.9 Å². The predicted molar refractivity (Wildman–Crippen MR) is 101 cm³/mol. The van der Waals surface area contributed by atoms with Crippen LogP contribution in [0.3, 0.4) is 0 Å². The van der Waals surface area contributed by atoms with Gasteiger partial charge in [0.1, 0.15) is 6.33 Å². The molecule has 0 aliphatic carbocycles. The largest absolute Gasteiger partial charge is 0.353 e. The van der Waals surface area contributed by atoms with Crippen molar-refractivity contribution >= 4 is 28.8 Å². The number of benzene rings is 1. The predicted octanol–water partition coefficient (Wildman–Crippen LogP) is 2.96. The minimum Gasteiger partial charge on any atom is -0.349 e. The van der Waals surface area contributed by atoms with Gasteiger partial charge in [-0.15, -0.1) is 0 Å². The third-order valence-corrected chi connectivity index (χ3v) is 3.83. The lowest BCUT2D eigenvalue weighted by Crippen LogP contribution is -2.27. The number of hydrogen-bond donors (Lipinski definition) is 1. The minimum absolute atomic E-state index is 0.0236. The van der Waals surface area contributed by atoms with E-state index in [-0.39, 0.29) is 49.0 Å². The smallest absolute Gasteiger partial charge is 0.349 e. The Morgan fingerprint density at radius 3 is 2.29 bits per heavy atom. The van der Waals surface area contributed by atoms with Crippen molar-refractivity contribution < 1.29 is 9.72 Å². The summed E-state index contributed by atoms with van der Waals surface area (Å²) in [5.74, 6) is -0.0784. The van der Waals surface area contributed by atoms with Crippen LogP contribution in [0, 0.1) is 32.8 Å². The highest BCUT2D eigenvalue weighted by molar-refractivity contribution is 5.94. The number of nitrogens with one attached hydrogen (secondary N) is 1. The van der Waals surface area contributed by atoms with E-state index in [2.05, 4.69) is 15.3 Å². The van der Waals surface area contributed by atoms with Crippen molar-refractivity contribution in [2.24, 2.45) is 0 Å². The van der Waals surface area contributed by atoms with Crippen LogP contribution >= 0.6 is 0 Å². The second-order valence-electron chi connectivity index (χ2n) is 5.71. The molecule has 1 N–H and O–H groups in total. The zero-order valence-corrected chi connectivity index (χ0v) is 15.1. The summed E-state index contributed by atoms with van der Waals surface area (Å²) in [6.07, 6.45) is 1.43. The highest BCUT2D eigenvalue weighted by Gasteiger charge is 2.27. The van der Waals surface area contributed by atoms with Gasteiger partial charge in [-0.3, -0.25) is 14.9 Å². The Labute approximate surface area is 161 Å². The Bertz CT molecular complexity index is 927. The van der Waals surface area contributed by atoms with E-state index in [1.54, 1.807) is 24.3 Å². The number of ketones is 1. The first-order valence-electron chi connectivity index (χ1n) is 8.34. The fourth-order valence-corrected chi connectivity index (χ4v) is 2.48. The Morgan fingerprint density at radius 1 is 1.18 bits per heavy atom. The Balaban J connectivity index is 2.41. The highest BCUT2D eigenvalue weighted by atomic mass is 16.6. The SMILES string of the molecule is CC(=O)c1ccc(Nc2ncnc(N(CCC#N)CCC#N)c2[N+](=O)[O-])cc1. The van der Waals surface area contributed by atoms with Gasteiger partial charge in [-0.25, -0.2) is 9.97 Å². The van der Waals surface area contributed by atoms with E-state index >= 15 is 0 Å². The monoisotopic (exact) mass is 379 g/mol. The summed E-state index contributed by atoms with van der Waals surface area (Å²) >= 11 is 0. The van der Waals surface area contributed by atoms with Crippen LogP contribution in [-0.4, -0.2) is 33.8 Å². The Morgan fingerprint density at radius 2 is 1.79 bits per heavy atom. The number of hydrogen-bond acceptors (Lipinski definition) is 9. The molecule has 0 bridgehead atoms. The van der Waals surface area contributed by atoms with E-state index in [1.165, 1.54) is 18.2 Å². The summed E-state index contributed by atoms with van der Waals surface area (Å²) in [4.78, 5) is 32.0. The lowest BCUT2D eigenvalue weighted by Gasteiger charge is -2.21. The van der Waals surface area contributed by atoms with E-state index in [0.717, 1.165) is 0 Å². The lowest BCUT2D eigenvalue weighted by atomic mass is 10.1. The van der Waals surface area contributed by atoms with Crippen LogP contribution in [0.25, 0.3) is 0 Å².